The number of carbonyl (C=O) groups is 2. The number of furan rings is 1. The molecule has 1 N–H and O–H groups in total. The first-order valence-electron chi connectivity index (χ1n) is 12.1. The number of hydrogen-bond acceptors (Lipinski definition) is 6. The average Bonchev–Trinajstić information content (AvgIpc) is 3.29. The number of ether oxygens (including phenoxy) is 1. The van der Waals surface area contributed by atoms with Gasteiger partial charge >= 0.3 is 0 Å². The van der Waals surface area contributed by atoms with Crippen molar-refractivity contribution in [1.82, 2.24) is 14.8 Å². The van der Waals surface area contributed by atoms with E-state index in [1.165, 1.54) is 11.7 Å². The van der Waals surface area contributed by atoms with Crippen molar-refractivity contribution in [2.45, 2.75) is 27.0 Å². The molecule has 0 aliphatic heterocycles. The Balaban J connectivity index is 1.81. The van der Waals surface area contributed by atoms with Gasteiger partial charge in [-0.05, 0) is 25.2 Å². The van der Waals surface area contributed by atoms with Gasteiger partial charge in [0, 0.05) is 36.7 Å². The lowest BCUT2D eigenvalue weighted by Gasteiger charge is -2.17. The van der Waals surface area contributed by atoms with Crippen molar-refractivity contribution >= 4 is 33.6 Å². The molecular weight excluding hydrogens is 458 g/mol. The molecule has 0 aliphatic rings. The van der Waals surface area contributed by atoms with E-state index < -0.39 is 11.5 Å². The highest BCUT2D eigenvalue weighted by Crippen LogP contribution is 2.30. The maximum Gasteiger partial charge on any atom is 0.287 e. The number of amides is 1. The van der Waals surface area contributed by atoms with E-state index in [1.807, 2.05) is 18.2 Å². The summed E-state index contributed by atoms with van der Waals surface area (Å²) in [6, 6.07) is 16.1. The normalized spacial score (nSPS) is 11.4. The highest BCUT2D eigenvalue weighted by atomic mass is 16.5. The van der Waals surface area contributed by atoms with Crippen molar-refractivity contribution in [3.05, 3.63) is 81.8 Å². The third kappa shape index (κ3) is 4.96. The van der Waals surface area contributed by atoms with Gasteiger partial charge in [0.1, 0.15) is 5.58 Å². The molecule has 1 amide bonds. The van der Waals surface area contributed by atoms with Crippen molar-refractivity contribution in [2.24, 2.45) is 0 Å². The maximum atomic E-state index is 13.8. The number of Topliss-reactive ketones (excluding diaryl/α,β-unsaturated/α-hetero) is 1. The second kappa shape index (κ2) is 11.3. The second-order valence-corrected chi connectivity index (χ2v) is 8.53. The van der Waals surface area contributed by atoms with Crippen molar-refractivity contribution in [3.8, 4) is 0 Å². The summed E-state index contributed by atoms with van der Waals surface area (Å²) in [5.74, 6) is -0.532. The van der Waals surface area contributed by atoms with Crippen LogP contribution in [0.1, 0.15) is 40.3 Å². The van der Waals surface area contributed by atoms with Gasteiger partial charge in [-0.3, -0.25) is 19.0 Å². The molecule has 0 atom stereocenters. The van der Waals surface area contributed by atoms with Crippen LogP contribution in [0.5, 0.6) is 0 Å². The summed E-state index contributed by atoms with van der Waals surface area (Å²) < 4.78 is 12.9. The molecule has 0 aliphatic carbocycles. The van der Waals surface area contributed by atoms with Crippen LogP contribution in [0.15, 0.2) is 63.8 Å². The fraction of sp³-hybridized carbons (Fsp3) is 0.321. The van der Waals surface area contributed by atoms with Crippen LogP contribution in [0.3, 0.4) is 0 Å². The van der Waals surface area contributed by atoms with Crippen molar-refractivity contribution in [2.75, 3.05) is 33.3 Å². The summed E-state index contributed by atoms with van der Waals surface area (Å²) in [4.78, 5) is 42.1. The Kier molecular flexibility index (Phi) is 7.97. The number of carbonyl (C=O) groups excluding carboxylic acids is 2. The van der Waals surface area contributed by atoms with E-state index in [0.717, 1.165) is 13.1 Å². The van der Waals surface area contributed by atoms with E-state index in [-0.39, 0.29) is 30.1 Å². The summed E-state index contributed by atoms with van der Waals surface area (Å²) >= 11 is 0. The van der Waals surface area contributed by atoms with Crippen LogP contribution in [-0.2, 0) is 17.9 Å². The molecule has 188 valence electrons. The fourth-order valence-corrected chi connectivity index (χ4v) is 4.46. The quantitative estimate of drug-likeness (QED) is 0.322. The van der Waals surface area contributed by atoms with Crippen LogP contribution in [-0.4, -0.2) is 54.4 Å². The zero-order valence-corrected chi connectivity index (χ0v) is 20.9. The zero-order chi connectivity index (χ0) is 25.7. The second-order valence-electron chi connectivity index (χ2n) is 8.53. The molecule has 0 saturated carbocycles. The Hall–Kier alpha value is -3.75. The third-order valence-corrected chi connectivity index (χ3v) is 6.41. The Morgan fingerprint density at radius 3 is 2.42 bits per heavy atom. The molecule has 8 heteroatoms. The number of aromatic nitrogens is 1. The first-order valence-corrected chi connectivity index (χ1v) is 12.1. The molecule has 0 bridgehead atoms. The fourth-order valence-electron chi connectivity index (χ4n) is 4.46. The van der Waals surface area contributed by atoms with Crippen LogP contribution < -0.4 is 10.9 Å². The van der Waals surface area contributed by atoms with Gasteiger partial charge in [-0.2, -0.15) is 0 Å². The van der Waals surface area contributed by atoms with E-state index in [9.17, 15) is 14.4 Å². The number of ketones is 1. The van der Waals surface area contributed by atoms with Gasteiger partial charge in [-0.15, -0.1) is 0 Å². The number of likely N-dealkylation sites (N-methyl/N-ethyl adjacent to an activating group) is 1. The number of nitrogens with zero attached hydrogens (tertiary/aromatic N) is 2. The molecule has 0 radical (unpaired) electrons. The Morgan fingerprint density at radius 2 is 1.72 bits per heavy atom. The Morgan fingerprint density at radius 1 is 1.03 bits per heavy atom. The number of fused-ring (bicyclic) bond motifs is 3. The average molecular weight is 490 g/mol. The van der Waals surface area contributed by atoms with Gasteiger partial charge in [-0.1, -0.05) is 56.3 Å². The van der Waals surface area contributed by atoms with Gasteiger partial charge in [0.05, 0.1) is 24.1 Å². The number of nitrogens with one attached hydrogen (secondary N) is 1. The molecule has 4 aromatic rings. The minimum absolute atomic E-state index is 0.0199. The predicted octanol–water partition coefficient (Wildman–Crippen LogP) is 3.85. The lowest BCUT2D eigenvalue weighted by atomic mass is 10.1. The first-order chi connectivity index (χ1) is 17.5. The van der Waals surface area contributed by atoms with Crippen molar-refractivity contribution < 1.29 is 18.7 Å². The highest BCUT2D eigenvalue weighted by molar-refractivity contribution is 6.08. The molecule has 2 aromatic heterocycles. The number of para-hydroxylation sites is 1. The number of pyridine rings is 1. The highest BCUT2D eigenvalue weighted by Gasteiger charge is 2.26. The molecular formula is C28H31N3O5. The van der Waals surface area contributed by atoms with E-state index in [4.69, 9.17) is 9.15 Å². The van der Waals surface area contributed by atoms with Crippen LogP contribution >= 0.6 is 0 Å². The number of rotatable bonds is 11. The number of benzene rings is 2. The minimum atomic E-state index is -0.402. The van der Waals surface area contributed by atoms with Crippen LogP contribution in [0.4, 0.5) is 0 Å². The SMILES string of the molecule is CCN(CC)CCNC(=O)c1oc2c(c1COC)c(=O)n(CC(=O)c1ccccc1)c1ccccc21. The standard InChI is InChI=1S/C28H31N3O5/c1-4-30(5-2)16-15-29-27(33)26-21(18-35-3)24-25(36-26)20-13-9-10-14-22(20)31(28(24)34)17-23(32)19-11-7-6-8-12-19/h6-14H,4-5,15-18H2,1-3H3,(H,29,33). The summed E-state index contributed by atoms with van der Waals surface area (Å²) in [6.07, 6.45) is 0. The van der Waals surface area contributed by atoms with Gasteiger partial charge in [0.2, 0.25) is 0 Å². The Labute approximate surface area is 209 Å². The van der Waals surface area contributed by atoms with Gasteiger partial charge in [0.15, 0.2) is 11.5 Å². The summed E-state index contributed by atoms with van der Waals surface area (Å²) in [5.41, 5.74) is 1.38. The first kappa shape index (κ1) is 25.3. The molecule has 0 unspecified atom stereocenters. The zero-order valence-electron chi connectivity index (χ0n) is 20.9. The minimum Gasteiger partial charge on any atom is -0.450 e. The summed E-state index contributed by atoms with van der Waals surface area (Å²) in [7, 11) is 1.50. The monoisotopic (exact) mass is 489 g/mol. The third-order valence-electron chi connectivity index (χ3n) is 6.41. The van der Waals surface area contributed by atoms with Crippen LogP contribution in [0.2, 0.25) is 0 Å². The maximum absolute atomic E-state index is 13.8. The Bertz CT molecular complexity index is 1430. The van der Waals surface area contributed by atoms with Crippen LogP contribution in [0.25, 0.3) is 21.9 Å². The molecule has 2 heterocycles. The summed E-state index contributed by atoms with van der Waals surface area (Å²) in [5, 5.41) is 3.80. The predicted molar refractivity (Wildman–Crippen MR) is 140 cm³/mol. The largest absolute Gasteiger partial charge is 0.450 e. The molecule has 36 heavy (non-hydrogen) atoms. The molecule has 0 fully saturated rings. The van der Waals surface area contributed by atoms with Gasteiger partial charge < -0.3 is 19.4 Å². The number of hydrogen-bond donors (Lipinski definition) is 1. The van der Waals surface area contributed by atoms with Crippen molar-refractivity contribution in [1.29, 1.82) is 0 Å². The smallest absolute Gasteiger partial charge is 0.287 e. The molecule has 2 aromatic carbocycles. The van der Waals surface area contributed by atoms with E-state index in [1.54, 1.807) is 36.4 Å². The van der Waals surface area contributed by atoms with E-state index in [2.05, 4.69) is 24.1 Å². The van der Waals surface area contributed by atoms with Gasteiger partial charge in [-0.25, -0.2) is 0 Å². The molecule has 8 nitrogen and oxygen atoms in total. The molecule has 4 rings (SSSR count). The topological polar surface area (TPSA) is 93.8 Å². The summed E-state index contributed by atoms with van der Waals surface area (Å²) in [6.45, 7) is 6.95. The lowest BCUT2D eigenvalue weighted by molar-refractivity contribution is 0.0916. The van der Waals surface area contributed by atoms with Crippen molar-refractivity contribution in [3.63, 3.8) is 0 Å². The molecule has 0 saturated heterocycles. The molecule has 0 spiro atoms. The van der Waals surface area contributed by atoms with E-state index in [0.29, 0.717) is 40.7 Å². The lowest BCUT2D eigenvalue weighted by Crippen LogP contribution is -2.35. The number of methoxy groups -OCH3 is 1. The van der Waals surface area contributed by atoms with E-state index >= 15 is 0 Å². The van der Waals surface area contributed by atoms with Crippen LogP contribution in [0, 0.1) is 0 Å². The van der Waals surface area contributed by atoms with Gasteiger partial charge in [0.25, 0.3) is 11.5 Å².